The third-order valence-electron chi connectivity index (χ3n) is 4.91. The van der Waals surface area contributed by atoms with Crippen LogP contribution in [0.2, 0.25) is 0 Å². The van der Waals surface area contributed by atoms with Gasteiger partial charge in [-0.15, -0.1) is 11.3 Å². The third-order valence-corrected chi connectivity index (χ3v) is 8.15. The molecule has 0 bridgehead atoms. The van der Waals surface area contributed by atoms with Crippen LogP contribution in [0.5, 0.6) is 0 Å². The molecule has 1 aliphatic heterocycles. The number of thiophene rings is 1. The van der Waals surface area contributed by atoms with E-state index in [4.69, 9.17) is 0 Å². The van der Waals surface area contributed by atoms with Crippen LogP contribution >= 0.6 is 11.3 Å². The number of anilines is 1. The molecule has 1 aromatic heterocycles. The molecule has 0 spiro atoms. The molecule has 8 heteroatoms. The number of likely N-dealkylation sites (N-methyl/N-ethyl adjacent to an activating group) is 1. The zero-order chi connectivity index (χ0) is 20.1. The molecule has 2 aromatic rings. The Morgan fingerprint density at radius 3 is 2.64 bits per heavy atom. The zero-order valence-electron chi connectivity index (χ0n) is 16.3. The second-order valence-electron chi connectivity index (χ2n) is 7.37. The number of piperidine rings is 1. The van der Waals surface area contributed by atoms with Gasteiger partial charge >= 0.3 is 0 Å². The first kappa shape index (κ1) is 21.0. The molecule has 152 valence electrons. The highest BCUT2D eigenvalue weighted by Crippen LogP contribution is 2.27. The third kappa shape index (κ3) is 5.20. The topological polar surface area (TPSA) is 69.7 Å². The van der Waals surface area contributed by atoms with E-state index >= 15 is 0 Å². The minimum Gasteiger partial charge on any atom is -0.326 e. The van der Waals surface area contributed by atoms with Gasteiger partial charge in [0.2, 0.25) is 5.91 Å². The number of hydrogen-bond donors (Lipinski definition) is 1. The van der Waals surface area contributed by atoms with E-state index in [1.807, 2.05) is 38.4 Å². The van der Waals surface area contributed by atoms with Gasteiger partial charge in [-0.1, -0.05) is 18.2 Å². The molecular weight excluding hydrogens is 394 g/mol. The van der Waals surface area contributed by atoms with Crippen molar-refractivity contribution in [1.29, 1.82) is 0 Å². The number of rotatable bonds is 7. The summed E-state index contributed by atoms with van der Waals surface area (Å²) in [5.74, 6) is -0.455. The van der Waals surface area contributed by atoms with E-state index in [9.17, 15) is 13.2 Å². The zero-order valence-corrected chi connectivity index (χ0v) is 17.9. The molecular formula is C20H27N3O3S2. The van der Waals surface area contributed by atoms with Crippen LogP contribution in [0.3, 0.4) is 0 Å². The van der Waals surface area contributed by atoms with Crippen molar-refractivity contribution in [2.24, 2.45) is 5.92 Å². The normalized spacial score (nSPS) is 18.3. The summed E-state index contributed by atoms with van der Waals surface area (Å²) in [5, 5.41) is 4.70. The fraction of sp³-hybridized carbons (Fsp3) is 0.450. The standard InChI is InChI=1S/C20H27N3O3S2/c1-22(2)13-11-16-7-9-18(10-8-16)21-20(24)17-5-3-12-23(15-17)28(25,26)19-6-4-14-27-19/h4,6-10,14,17H,3,5,11-13,15H2,1-2H3,(H,21,24). The van der Waals surface area contributed by atoms with E-state index in [0.29, 0.717) is 23.6 Å². The molecule has 0 saturated carbocycles. The predicted molar refractivity (Wildman–Crippen MR) is 113 cm³/mol. The molecule has 1 unspecified atom stereocenters. The van der Waals surface area contributed by atoms with Crippen LogP contribution in [0.4, 0.5) is 5.69 Å². The van der Waals surface area contributed by atoms with Gasteiger partial charge in [0.25, 0.3) is 10.0 Å². The van der Waals surface area contributed by atoms with Crippen molar-refractivity contribution in [3.05, 3.63) is 47.3 Å². The van der Waals surface area contributed by atoms with Gasteiger partial charge in [0.1, 0.15) is 4.21 Å². The van der Waals surface area contributed by atoms with Crippen molar-refractivity contribution in [1.82, 2.24) is 9.21 Å². The molecule has 1 saturated heterocycles. The molecule has 3 rings (SSSR count). The molecule has 0 aliphatic carbocycles. The minimum atomic E-state index is -3.51. The maximum absolute atomic E-state index is 12.7. The molecule has 1 aromatic carbocycles. The maximum Gasteiger partial charge on any atom is 0.252 e. The van der Waals surface area contributed by atoms with Crippen molar-refractivity contribution >= 4 is 33.0 Å². The SMILES string of the molecule is CN(C)CCc1ccc(NC(=O)C2CCCN(S(=O)(=O)c3cccs3)C2)cc1. The van der Waals surface area contributed by atoms with Gasteiger partial charge in [-0.3, -0.25) is 4.79 Å². The first-order valence-corrected chi connectivity index (χ1v) is 11.8. The van der Waals surface area contributed by atoms with Crippen molar-refractivity contribution < 1.29 is 13.2 Å². The monoisotopic (exact) mass is 421 g/mol. The minimum absolute atomic E-state index is 0.118. The Labute approximate surface area is 171 Å². The highest BCUT2D eigenvalue weighted by Gasteiger charge is 2.33. The van der Waals surface area contributed by atoms with Crippen LogP contribution in [-0.2, 0) is 21.2 Å². The van der Waals surface area contributed by atoms with Crippen LogP contribution in [-0.4, -0.2) is 57.3 Å². The van der Waals surface area contributed by atoms with E-state index in [2.05, 4.69) is 10.2 Å². The molecule has 2 heterocycles. The number of sulfonamides is 1. The van der Waals surface area contributed by atoms with Gasteiger partial charge in [0, 0.05) is 25.3 Å². The van der Waals surface area contributed by atoms with E-state index in [1.165, 1.54) is 21.2 Å². The smallest absolute Gasteiger partial charge is 0.252 e. The lowest BCUT2D eigenvalue weighted by Gasteiger charge is -2.30. The summed E-state index contributed by atoms with van der Waals surface area (Å²) in [4.78, 5) is 14.8. The fourth-order valence-electron chi connectivity index (χ4n) is 3.26. The van der Waals surface area contributed by atoms with E-state index in [0.717, 1.165) is 18.7 Å². The summed E-state index contributed by atoms with van der Waals surface area (Å²) < 4.78 is 27.2. The lowest BCUT2D eigenvalue weighted by molar-refractivity contribution is -0.120. The average molecular weight is 422 g/mol. The molecule has 0 radical (unpaired) electrons. The van der Waals surface area contributed by atoms with Gasteiger partial charge in [-0.25, -0.2) is 8.42 Å². The lowest BCUT2D eigenvalue weighted by Crippen LogP contribution is -2.43. The van der Waals surface area contributed by atoms with Crippen LogP contribution in [0.15, 0.2) is 46.0 Å². The Hall–Kier alpha value is -1.74. The Balaban J connectivity index is 1.60. The highest BCUT2D eigenvalue weighted by atomic mass is 32.2. The first-order chi connectivity index (χ1) is 13.4. The van der Waals surface area contributed by atoms with Crippen LogP contribution in [0, 0.1) is 5.92 Å². The summed E-state index contributed by atoms with van der Waals surface area (Å²) in [6, 6.07) is 11.2. The Kier molecular flexibility index (Phi) is 6.87. The molecule has 1 fully saturated rings. The Morgan fingerprint density at radius 1 is 1.25 bits per heavy atom. The number of hydrogen-bond acceptors (Lipinski definition) is 5. The number of amides is 1. The molecule has 1 atom stereocenters. The number of nitrogens with zero attached hydrogens (tertiary/aromatic N) is 2. The molecule has 6 nitrogen and oxygen atoms in total. The molecule has 1 amide bonds. The number of carbonyl (C=O) groups is 1. The molecule has 28 heavy (non-hydrogen) atoms. The van der Waals surface area contributed by atoms with Crippen molar-refractivity contribution in [2.45, 2.75) is 23.5 Å². The fourth-order valence-corrected chi connectivity index (χ4v) is 5.93. The lowest BCUT2D eigenvalue weighted by atomic mass is 9.98. The van der Waals surface area contributed by atoms with E-state index in [-0.39, 0.29) is 18.4 Å². The average Bonchev–Trinajstić information content (AvgIpc) is 3.23. The maximum atomic E-state index is 12.7. The summed E-state index contributed by atoms with van der Waals surface area (Å²) in [7, 11) is 0.576. The van der Waals surface area contributed by atoms with Gasteiger partial charge in [-0.05, 0) is 62.5 Å². The quantitative estimate of drug-likeness (QED) is 0.746. The largest absolute Gasteiger partial charge is 0.326 e. The van der Waals surface area contributed by atoms with E-state index < -0.39 is 10.0 Å². The molecule has 1 N–H and O–H groups in total. The van der Waals surface area contributed by atoms with Gasteiger partial charge in [-0.2, -0.15) is 4.31 Å². The Morgan fingerprint density at radius 2 is 2.00 bits per heavy atom. The Bertz CT molecular complexity index is 878. The van der Waals surface area contributed by atoms with Gasteiger partial charge in [0.15, 0.2) is 0 Å². The van der Waals surface area contributed by atoms with Crippen LogP contribution < -0.4 is 5.32 Å². The predicted octanol–water partition coefficient (Wildman–Crippen LogP) is 2.89. The van der Waals surface area contributed by atoms with Gasteiger partial charge < -0.3 is 10.2 Å². The number of benzene rings is 1. The number of carbonyl (C=O) groups excluding carboxylic acids is 1. The molecule has 1 aliphatic rings. The summed E-state index contributed by atoms with van der Waals surface area (Å²) >= 11 is 1.21. The second kappa shape index (κ2) is 9.17. The summed E-state index contributed by atoms with van der Waals surface area (Å²) in [5.41, 5.74) is 1.97. The van der Waals surface area contributed by atoms with E-state index in [1.54, 1.807) is 17.5 Å². The van der Waals surface area contributed by atoms with Crippen molar-refractivity contribution in [2.75, 3.05) is 39.0 Å². The van der Waals surface area contributed by atoms with Crippen molar-refractivity contribution in [3.63, 3.8) is 0 Å². The summed E-state index contributed by atoms with van der Waals surface area (Å²) in [6.07, 6.45) is 2.34. The highest BCUT2D eigenvalue weighted by molar-refractivity contribution is 7.91. The van der Waals surface area contributed by atoms with Crippen LogP contribution in [0.1, 0.15) is 18.4 Å². The second-order valence-corrected chi connectivity index (χ2v) is 10.5. The van der Waals surface area contributed by atoms with Gasteiger partial charge in [0.05, 0.1) is 5.92 Å². The first-order valence-electron chi connectivity index (χ1n) is 9.44. The van der Waals surface area contributed by atoms with Crippen molar-refractivity contribution in [3.8, 4) is 0 Å². The van der Waals surface area contributed by atoms with Crippen LogP contribution in [0.25, 0.3) is 0 Å². The number of nitrogens with one attached hydrogen (secondary N) is 1. The summed E-state index contributed by atoms with van der Waals surface area (Å²) in [6.45, 7) is 1.67.